The zero-order valence-electron chi connectivity index (χ0n) is 69.5. The number of amides is 11. The number of ether oxygens (including phenoxy) is 4. The first-order chi connectivity index (χ1) is 61.3. The van der Waals surface area contributed by atoms with Crippen molar-refractivity contribution in [3.8, 4) is 17.2 Å². The largest absolute Gasteiger partial charge is 0.507 e. The summed E-state index contributed by atoms with van der Waals surface area (Å²) < 4.78 is 191. The van der Waals surface area contributed by atoms with Crippen molar-refractivity contribution in [2.24, 2.45) is 17.8 Å². The van der Waals surface area contributed by atoms with E-state index in [1.165, 1.54) is 114 Å². The van der Waals surface area contributed by atoms with Crippen molar-refractivity contribution in [3.63, 3.8) is 0 Å². The van der Waals surface area contributed by atoms with Crippen molar-refractivity contribution < 1.29 is 160 Å². The number of hydrogen-bond acceptors (Lipinski definition) is 25. The van der Waals surface area contributed by atoms with Crippen molar-refractivity contribution in [2.45, 2.75) is 189 Å². The minimum Gasteiger partial charge on any atom is -0.507 e. The number of pyridine rings is 3. The Morgan fingerprint density at radius 2 is 0.708 bits per heavy atom. The fourth-order valence-electron chi connectivity index (χ4n) is 14.6. The average molecular weight is 1850 g/mol. The van der Waals surface area contributed by atoms with E-state index in [0.29, 0.717) is 32.5 Å². The molecule has 16 N–H and O–H groups in total. The molecule has 3 aromatic carbocycles. The minimum atomic E-state index is -2.11. The fraction of sp³-hybridized carbons (Fsp3) is 0.451. The standard InChI is InChI=1S/C28H31F4N5O7.C27H29F4N5O7.C27H28F4N4O8/c1-11-22(39)15(10-14-18(29)19(30)24(32)36-23(14)31)34-26(41)20(35-25(40)13-6-4-5-7-16(13)38)12(2)33-27(42)21(17-8-9-44-17)37(3)28(11)43;1-10-21(38)14(9-13-17(28)18(29)23(31)36-22(13)30)33-26(41)19(34-25(40)12-5-3-4-6-15(12)37)11(2)32-27(42)20(35-24(10)39)16-7-8-43-16;1-10-20(37)14(9-13-17(28)18(29)23(31)35-22(13)30)33-25(39)19(34-24(38)12-5-3-4-6-15(12)36)11(2)32-26(40)21(43-27(10)41)16-7-8-42-16/h4-7,11-12,15,17,20-22,38-39H,8-10H2,1-3H3,(H,33,42)(H,34,41)(H,35,40);3-6,10-11,14,16,19-21,37-38H,7-9H2,1-2H3,(H,32,42)(H,33,41)(H,34,40)(H,35,39);3-6,10-11,14,16,19-21,36-37H,7-9H2,1-2H3,(H,32,40)(H,33,39)(H,34,38)/t11-,12-,15+,17?,20+,21?,22+;10-,11-,14+,16?,19+,20?,21+;10-,11-,14+,16?,19+,20+,21?/m111/s1. The molecule has 11 amide bonds. The highest BCUT2D eigenvalue weighted by Gasteiger charge is 2.49. The molecule has 0 saturated carbocycles. The first-order valence-corrected chi connectivity index (χ1v) is 40.1. The molecule has 0 radical (unpaired) electrons. The van der Waals surface area contributed by atoms with Gasteiger partial charge in [-0.15, -0.1) is 0 Å². The highest BCUT2D eigenvalue weighted by atomic mass is 19.2. The van der Waals surface area contributed by atoms with Crippen LogP contribution in [-0.4, -0.2) is 257 Å². The summed E-state index contributed by atoms with van der Waals surface area (Å²) in [6, 6.07) is -0.199. The van der Waals surface area contributed by atoms with Gasteiger partial charge < -0.3 is 108 Å². The second kappa shape index (κ2) is 42.5. The molecule has 48 heteroatoms. The molecule has 6 aliphatic rings. The lowest BCUT2D eigenvalue weighted by molar-refractivity contribution is -0.184. The fourth-order valence-corrected chi connectivity index (χ4v) is 14.6. The van der Waals surface area contributed by atoms with Crippen molar-refractivity contribution in [3.05, 3.63) is 177 Å². The van der Waals surface area contributed by atoms with Crippen LogP contribution in [-0.2, 0) is 81.4 Å². The van der Waals surface area contributed by atoms with Gasteiger partial charge in [-0.05, 0) is 76.9 Å². The Morgan fingerprint density at radius 1 is 0.392 bits per heavy atom. The molecule has 130 heavy (non-hydrogen) atoms. The number of nitrogens with one attached hydrogen (secondary N) is 10. The van der Waals surface area contributed by atoms with Gasteiger partial charge in [0.1, 0.15) is 53.6 Å². The number of rotatable bonds is 15. The molecule has 702 valence electrons. The lowest BCUT2D eigenvalue weighted by Crippen LogP contribution is -2.66. The number of cyclic esters (lactones) is 1. The molecular weight excluding hydrogens is 1760 g/mol. The third-order valence-corrected chi connectivity index (χ3v) is 22.6. The van der Waals surface area contributed by atoms with Gasteiger partial charge in [-0.3, -0.25) is 57.5 Å². The normalized spacial score (nSPS) is 28.3. The van der Waals surface area contributed by atoms with E-state index in [4.69, 9.17) is 18.9 Å². The maximum absolute atomic E-state index is 14.6. The zero-order valence-corrected chi connectivity index (χ0v) is 69.5. The molecule has 6 saturated heterocycles. The third kappa shape index (κ3) is 22.5. The van der Waals surface area contributed by atoms with Crippen molar-refractivity contribution in [1.29, 1.82) is 0 Å². The lowest BCUT2D eigenvalue weighted by Gasteiger charge is -2.41. The van der Waals surface area contributed by atoms with Crippen LogP contribution in [0.4, 0.5) is 52.7 Å². The molecule has 0 spiro atoms. The molecule has 6 aromatic rings. The van der Waals surface area contributed by atoms with E-state index in [1.807, 2.05) is 0 Å². The Hall–Kier alpha value is -12.9. The van der Waals surface area contributed by atoms with Crippen LogP contribution in [0.25, 0.3) is 0 Å². The number of halogens is 12. The van der Waals surface area contributed by atoms with E-state index in [1.54, 1.807) is 0 Å². The summed E-state index contributed by atoms with van der Waals surface area (Å²) in [6.07, 6.45) is -11.6. The highest BCUT2D eigenvalue weighted by Crippen LogP contribution is 2.31. The topological polar surface area (TPSA) is 525 Å². The van der Waals surface area contributed by atoms with Crippen molar-refractivity contribution in [1.82, 2.24) is 73.0 Å². The van der Waals surface area contributed by atoms with Gasteiger partial charge in [0.25, 0.3) is 41.5 Å². The molecule has 0 bridgehead atoms. The number of aliphatic hydroxyl groups excluding tert-OH is 3. The lowest BCUT2D eigenvalue weighted by atomic mass is 9.90. The third-order valence-electron chi connectivity index (χ3n) is 22.6. The highest BCUT2D eigenvalue weighted by molar-refractivity contribution is 6.02. The summed E-state index contributed by atoms with van der Waals surface area (Å²) in [5, 5.41) is 87.9. The zero-order chi connectivity index (χ0) is 95.6. The number of esters is 1. The maximum atomic E-state index is 14.6. The number of carbonyl (C=O) groups excluding carboxylic acids is 12. The number of aliphatic hydroxyl groups is 3. The summed E-state index contributed by atoms with van der Waals surface area (Å²) in [7, 11) is 1.29. The van der Waals surface area contributed by atoms with Crippen LogP contribution in [0.3, 0.4) is 0 Å². The maximum Gasteiger partial charge on any atom is 0.312 e. The Balaban J connectivity index is 0.000000203. The van der Waals surface area contributed by atoms with Crippen LogP contribution in [0.2, 0.25) is 0 Å². The molecular formula is C82H88F12N14O22. The number of carbonyl (C=O) groups is 12. The number of para-hydroxylation sites is 3. The first kappa shape index (κ1) is 99.2. The van der Waals surface area contributed by atoms with Crippen LogP contribution >= 0.6 is 0 Å². The smallest absolute Gasteiger partial charge is 0.312 e. The summed E-state index contributed by atoms with van der Waals surface area (Å²) in [5.41, 5.74) is -4.08. The first-order valence-electron chi connectivity index (χ1n) is 40.1. The number of likely N-dealkylation sites (N-methyl/N-ethyl adjacent to an activating group) is 1. The van der Waals surface area contributed by atoms with Crippen LogP contribution in [0.1, 0.15) is 109 Å². The second-order valence-corrected chi connectivity index (χ2v) is 31.3. The molecule has 9 heterocycles. The van der Waals surface area contributed by atoms with Crippen molar-refractivity contribution >= 4 is 70.9 Å². The van der Waals surface area contributed by atoms with Crippen molar-refractivity contribution in [2.75, 3.05) is 26.9 Å². The van der Waals surface area contributed by atoms with Gasteiger partial charge in [0, 0.05) is 69.2 Å². The number of phenolic OH excluding ortho intramolecular Hbond substituents is 3. The van der Waals surface area contributed by atoms with E-state index < -0.39 is 322 Å². The number of benzene rings is 3. The average Bonchev–Trinajstić information content (AvgIpc) is 0.787. The molecule has 0 aliphatic carbocycles. The Kier molecular flexibility index (Phi) is 32.5. The number of aromatic nitrogens is 3. The molecule has 36 nitrogen and oxygen atoms in total. The van der Waals surface area contributed by atoms with Gasteiger partial charge in [0.05, 0.1) is 101 Å². The summed E-state index contributed by atoms with van der Waals surface area (Å²) >= 11 is 0. The molecule has 6 unspecified atom stereocenters. The summed E-state index contributed by atoms with van der Waals surface area (Å²) in [6.45, 7) is 8.48. The number of hydrogen-bond donors (Lipinski definition) is 16. The van der Waals surface area contributed by atoms with Crippen LogP contribution < -0.4 is 53.2 Å². The number of nitrogens with zero attached hydrogens (tertiary/aromatic N) is 4. The van der Waals surface area contributed by atoms with Crippen LogP contribution in [0, 0.1) is 88.3 Å². The molecule has 3 aromatic heterocycles. The van der Waals surface area contributed by atoms with Gasteiger partial charge in [0.2, 0.25) is 82.7 Å². The quantitative estimate of drug-likeness (QED) is 0.0381. The Morgan fingerprint density at radius 3 is 1.04 bits per heavy atom. The monoisotopic (exact) mass is 1850 g/mol. The van der Waals surface area contributed by atoms with E-state index in [2.05, 4.69) is 68.1 Å². The van der Waals surface area contributed by atoms with Gasteiger partial charge in [-0.2, -0.15) is 54.5 Å². The van der Waals surface area contributed by atoms with E-state index >= 15 is 0 Å². The number of aromatic hydroxyl groups is 3. The second-order valence-electron chi connectivity index (χ2n) is 31.3. The Bertz CT molecular complexity index is 5110. The van der Waals surface area contributed by atoms with Gasteiger partial charge >= 0.3 is 5.97 Å². The summed E-state index contributed by atoms with van der Waals surface area (Å²) in [4.78, 5) is 168. The summed E-state index contributed by atoms with van der Waals surface area (Å²) in [5.74, 6) is -40.6. The number of phenols is 3. The van der Waals surface area contributed by atoms with Crippen LogP contribution in [0.5, 0.6) is 17.2 Å². The Labute approximate surface area is 729 Å². The van der Waals surface area contributed by atoms with Gasteiger partial charge in [0.15, 0.2) is 17.5 Å². The van der Waals surface area contributed by atoms with E-state index in [-0.39, 0.29) is 23.3 Å². The predicted molar refractivity (Wildman–Crippen MR) is 417 cm³/mol. The molecule has 21 atom stereocenters. The molecule has 6 fully saturated rings. The van der Waals surface area contributed by atoms with Gasteiger partial charge in [-0.25, -0.2) is 13.2 Å². The SMILES string of the molecule is C[C@H]1NC(=O)C(C2CCO2)N(C)C(=O)[C@H](C)[C@H](O)[C@H](Cc2c(F)nc(F)c(F)c2F)NC(=O)[C@H]1NC(=O)c1ccccc1O.C[C@H]1NC(=O)C(C2CCO2)NC(=O)[C@H](C)[C@H](O)[C@H](Cc2c(F)nc(F)c(F)c2F)NC(=O)[C@H]1NC(=O)c1ccccc1O.C[C@H]1NC(=O)C(C2CCO2)OC(=O)[C@H](C)[C@H](O)[C@H](Cc2c(F)nc(F)c(F)c2F)NC(=O)[C@H]1NC(=O)c1ccccc1O. The van der Waals surface area contributed by atoms with E-state index in [9.17, 15) is 141 Å². The molecule has 6 aliphatic heterocycles. The van der Waals surface area contributed by atoms with E-state index in [0.717, 1.165) is 11.8 Å². The molecule has 12 rings (SSSR count). The van der Waals surface area contributed by atoms with Gasteiger partial charge in [-0.1, -0.05) is 50.2 Å². The van der Waals surface area contributed by atoms with Crippen LogP contribution in [0.15, 0.2) is 72.8 Å². The predicted octanol–water partition coefficient (Wildman–Crippen LogP) is 0.645. The minimum absolute atomic E-state index is 0.224.